The van der Waals surface area contributed by atoms with Gasteiger partial charge in [0.25, 0.3) is 0 Å². The van der Waals surface area contributed by atoms with Crippen molar-refractivity contribution in [2.75, 3.05) is 20.3 Å². The number of nitrogens with one attached hydrogen (secondary N) is 1. The van der Waals surface area contributed by atoms with Crippen LogP contribution in [0.25, 0.3) is 16.5 Å². The van der Waals surface area contributed by atoms with Gasteiger partial charge in [-0.1, -0.05) is 48.3 Å². The number of carbonyl (C=O) groups excluding carboxylic acids is 2. The number of hydrogen-bond donors (Lipinski definition) is 5. The summed E-state index contributed by atoms with van der Waals surface area (Å²) in [4.78, 5) is 32.0. The highest BCUT2D eigenvalue weighted by atomic mass is 16.5. The van der Waals surface area contributed by atoms with E-state index >= 15 is 0 Å². The summed E-state index contributed by atoms with van der Waals surface area (Å²) in [6.07, 6.45) is 8.02. The van der Waals surface area contributed by atoms with Gasteiger partial charge in [0.15, 0.2) is 23.0 Å². The fourth-order valence-electron chi connectivity index (χ4n) is 11.2. The molecule has 8 atom stereocenters. The van der Waals surface area contributed by atoms with Crippen LogP contribution in [0, 0.1) is 41.4 Å². The second kappa shape index (κ2) is 16.3. The molecule has 4 bridgehead atoms. The van der Waals surface area contributed by atoms with Crippen molar-refractivity contribution >= 4 is 28.2 Å². The molecule has 5 N–H and O–H groups in total. The number of para-hydroxylation sites is 1. The van der Waals surface area contributed by atoms with Gasteiger partial charge in [-0.2, -0.15) is 0 Å². The Labute approximate surface area is 343 Å². The Bertz CT molecular complexity index is 2410. The third-order valence-corrected chi connectivity index (χ3v) is 13.7. The summed E-state index contributed by atoms with van der Waals surface area (Å²) < 4.78 is 17.4. The molecule has 0 saturated heterocycles. The first-order valence-corrected chi connectivity index (χ1v) is 21.0. The van der Waals surface area contributed by atoms with Gasteiger partial charge in [-0.3, -0.25) is 9.59 Å². The molecule has 8 unspecified atom stereocenters. The van der Waals surface area contributed by atoms with E-state index in [4.69, 9.17) is 14.2 Å². The van der Waals surface area contributed by atoms with Gasteiger partial charge in [0.1, 0.15) is 24.9 Å². The van der Waals surface area contributed by atoms with Crippen LogP contribution < -0.4 is 9.47 Å². The Morgan fingerprint density at radius 3 is 2.61 bits per heavy atom. The monoisotopic (exact) mass is 797 g/mol. The van der Waals surface area contributed by atoms with Crippen LogP contribution in [0.2, 0.25) is 0 Å². The topological polar surface area (TPSA) is 159 Å². The second-order valence-electron chi connectivity index (χ2n) is 17.0. The number of benzene rings is 3. The fraction of sp³-hybridized carbons (Fsp3) is 0.429. The number of esters is 1. The average Bonchev–Trinajstić information content (AvgIpc) is 3.54. The molecule has 0 radical (unpaired) electrons. The normalized spacial score (nSPS) is 27.5. The van der Waals surface area contributed by atoms with Gasteiger partial charge in [-0.25, -0.2) is 0 Å². The molecule has 1 aromatic heterocycles. The number of rotatable bonds is 7. The first kappa shape index (κ1) is 39.0. The van der Waals surface area contributed by atoms with E-state index in [1.54, 1.807) is 19.2 Å². The number of phenols is 2. The van der Waals surface area contributed by atoms with Crippen molar-refractivity contribution in [3.63, 3.8) is 0 Å². The van der Waals surface area contributed by atoms with Crippen molar-refractivity contribution in [2.45, 2.75) is 82.3 Å². The number of cyclic esters (lactones) is 1. The van der Waals surface area contributed by atoms with E-state index in [1.165, 1.54) is 11.6 Å². The zero-order valence-electron chi connectivity index (χ0n) is 33.3. The number of aliphatic hydroxyl groups excluding tert-OH is 2. The smallest absolute Gasteiger partial charge is 0.318 e. The molecule has 2 fully saturated rings. The lowest BCUT2D eigenvalue weighted by molar-refractivity contribution is -0.149. The number of allylic oxidation sites excluding steroid dienone is 3. The maximum atomic E-state index is 14.8. The number of aryl methyl sites for hydroxylation is 1. The van der Waals surface area contributed by atoms with Gasteiger partial charge in [0.2, 0.25) is 0 Å². The number of H-pyrrole nitrogens is 1. The highest BCUT2D eigenvalue weighted by molar-refractivity contribution is 5.96. The van der Waals surface area contributed by atoms with Crippen LogP contribution in [-0.4, -0.2) is 69.7 Å². The van der Waals surface area contributed by atoms with Crippen molar-refractivity contribution in [1.29, 1.82) is 0 Å². The molecular formula is C49H51NO9. The number of fused-ring (bicyclic) bond motifs is 9. The molecule has 2 heterocycles. The second-order valence-corrected chi connectivity index (χ2v) is 17.0. The molecule has 3 aromatic carbocycles. The molecule has 0 amide bonds. The first-order chi connectivity index (χ1) is 28.7. The SMILES string of the molecule is COc1cc2c(cc1O)C1=C3C=CC4CC3C(C2CC(=O)CC(CCc2ccc(O)c(OCCO)c2)OC(=O)CC#CCc2c1[nH]c1ccccc21)C1CCC(O)CC41. The quantitative estimate of drug-likeness (QED) is 0.0956. The Hall–Kier alpha value is -5.50. The largest absolute Gasteiger partial charge is 0.504 e. The fourth-order valence-corrected chi connectivity index (χ4v) is 11.2. The summed E-state index contributed by atoms with van der Waals surface area (Å²) in [5.41, 5.74) is 7.71. The molecule has 1 aliphatic heterocycles. The third-order valence-electron chi connectivity index (χ3n) is 13.7. The van der Waals surface area contributed by atoms with Crippen molar-refractivity contribution in [3.05, 3.63) is 100 Å². The van der Waals surface area contributed by atoms with Crippen molar-refractivity contribution < 1.29 is 44.2 Å². The summed E-state index contributed by atoms with van der Waals surface area (Å²) in [5, 5.41) is 43.1. The Kier molecular flexibility index (Phi) is 10.8. The van der Waals surface area contributed by atoms with Gasteiger partial charge >= 0.3 is 5.97 Å². The number of aromatic amines is 1. The number of methoxy groups -OCH3 is 1. The van der Waals surface area contributed by atoms with Crippen LogP contribution in [0.5, 0.6) is 23.0 Å². The van der Waals surface area contributed by atoms with Crippen molar-refractivity contribution in [3.8, 4) is 34.8 Å². The Balaban J connectivity index is 1.19. The molecule has 9 rings (SSSR count). The van der Waals surface area contributed by atoms with E-state index in [2.05, 4.69) is 41.1 Å². The van der Waals surface area contributed by atoms with Gasteiger partial charge in [-0.05, 0) is 132 Å². The van der Waals surface area contributed by atoms with E-state index < -0.39 is 12.1 Å². The molecule has 2 saturated carbocycles. The highest BCUT2D eigenvalue weighted by Crippen LogP contribution is 2.62. The number of ketones is 1. The highest BCUT2D eigenvalue weighted by Gasteiger charge is 2.53. The van der Waals surface area contributed by atoms with Crippen LogP contribution in [0.3, 0.4) is 0 Å². The number of phenolic OH excluding ortho intramolecular Hbond substituents is 2. The number of hydrogen-bond acceptors (Lipinski definition) is 9. The molecule has 0 spiro atoms. The lowest BCUT2D eigenvalue weighted by Crippen LogP contribution is -2.47. The summed E-state index contributed by atoms with van der Waals surface area (Å²) in [6, 6.07) is 16.9. The first-order valence-electron chi connectivity index (χ1n) is 21.0. The molecule has 5 aliphatic rings. The molecule has 4 aromatic rings. The average molecular weight is 798 g/mol. The lowest BCUT2D eigenvalue weighted by atomic mass is 9.51. The molecule has 10 nitrogen and oxygen atoms in total. The van der Waals surface area contributed by atoms with Crippen LogP contribution in [0.4, 0.5) is 0 Å². The van der Waals surface area contributed by atoms with Crippen LogP contribution in [0.15, 0.2) is 72.3 Å². The summed E-state index contributed by atoms with van der Waals surface area (Å²) in [7, 11) is 1.55. The Morgan fingerprint density at radius 2 is 1.76 bits per heavy atom. The van der Waals surface area contributed by atoms with Crippen LogP contribution in [0.1, 0.15) is 85.2 Å². The molecule has 10 heteroatoms. The summed E-state index contributed by atoms with van der Waals surface area (Å²) >= 11 is 0. The predicted molar refractivity (Wildman–Crippen MR) is 222 cm³/mol. The maximum absolute atomic E-state index is 14.8. The van der Waals surface area contributed by atoms with E-state index in [1.807, 2.05) is 24.3 Å². The van der Waals surface area contributed by atoms with Crippen LogP contribution >= 0.6 is 0 Å². The number of aromatic hydroxyl groups is 2. The van der Waals surface area contributed by atoms with Crippen molar-refractivity contribution in [1.82, 2.24) is 4.98 Å². The van der Waals surface area contributed by atoms with Gasteiger partial charge in [0.05, 0.1) is 25.5 Å². The number of ether oxygens (including phenoxy) is 3. The Morgan fingerprint density at radius 1 is 0.915 bits per heavy atom. The van der Waals surface area contributed by atoms with Crippen molar-refractivity contribution in [2.24, 2.45) is 29.6 Å². The minimum Gasteiger partial charge on any atom is -0.504 e. The molecule has 59 heavy (non-hydrogen) atoms. The standard InChI is InChI=1S/C49H51NO9/c1-57-44-26-37-39-24-30(53)22-31(14-10-27-11-17-42(54)45(20-27)58-19-18-51)59-46(56)9-5-3-7-35-32-6-2-4-8-41(32)50-49(35)48(40(37)25-43(44)55)34-15-12-28-21-38(34)47(39)33-16-13-29(52)23-36(28)33/h2,4,6,8,11-12,15,17,20,25-26,28-29,31,33,36,38-39,47,50-52,54-55H,7,9-10,13-14,16,18-19,21-24H2,1H3. The lowest BCUT2D eigenvalue weighted by Gasteiger charge is -2.54. The van der Waals surface area contributed by atoms with E-state index in [9.17, 15) is 30.0 Å². The van der Waals surface area contributed by atoms with Gasteiger partial charge < -0.3 is 39.6 Å². The number of carbonyl (C=O) groups is 2. The maximum Gasteiger partial charge on any atom is 0.318 e. The van der Waals surface area contributed by atoms with Crippen LogP contribution in [-0.2, 0) is 27.2 Å². The number of aromatic nitrogens is 1. The predicted octanol–water partition coefficient (Wildman–Crippen LogP) is 7.30. The summed E-state index contributed by atoms with van der Waals surface area (Å²) in [6.45, 7) is -0.167. The zero-order chi connectivity index (χ0) is 40.8. The number of aliphatic hydroxyl groups is 2. The minimum atomic E-state index is -0.727. The van der Waals surface area contributed by atoms with Gasteiger partial charge in [-0.15, -0.1) is 0 Å². The number of Topliss-reactive ketones (excluding diaryl/α,β-unsaturated/α-hetero) is 1. The summed E-state index contributed by atoms with van der Waals surface area (Å²) in [5.74, 6) is 7.17. The minimum absolute atomic E-state index is 0.0121. The van der Waals surface area contributed by atoms with Gasteiger partial charge in [0, 0.05) is 35.7 Å². The molecule has 306 valence electrons. The van der Waals surface area contributed by atoms with E-state index in [-0.39, 0.29) is 91.2 Å². The third kappa shape index (κ3) is 7.40. The van der Waals surface area contributed by atoms with E-state index in [0.29, 0.717) is 37.4 Å². The zero-order valence-corrected chi connectivity index (χ0v) is 33.3. The van der Waals surface area contributed by atoms with E-state index in [0.717, 1.165) is 63.7 Å². The molecule has 4 aliphatic carbocycles. The molecular weight excluding hydrogens is 747 g/mol.